The molecule has 0 aromatic carbocycles. The lowest BCUT2D eigenvalue weighted by Crippen LogP contribution is -2.58. The summed E-state index contributed by atoms with van der Waals surface area (Å²) in [6.45, 7) is 11.4. The number of allylic oxidation sites excluding steroid dienone is 1. The number of ether oxygens (including phenoxy) is 1. The molecule has 3 fully saturated rings. The number of piperazine rings is 1. The van der Waals surface area contributed by atoms with E-state index in [9.17, 15) is 9.18 Å². The third-order valence-corrected chi connectivity index (χ3v) is 7.18. The van der Waals surface area contributed by atoms with Crippen LogP contribution in [0.2, 0.25) is 0 Å². The van der Waals surface area contributed by atoms with Crippen molar-refractivity contribution in [3.05, 3.63) is 42.6 Å². The molecule has 3 aliphatic rings. The first-order chi connectivity index (χ1) is 16.5. The number of anilines is 1. The molecule has 1 aliphatic carbocycles. The lowest BCUT2D eigenvalue weighted by molar-refractivity contribution is -0.00294. The summed E-state index contributed by atoms with van der Waals surface area (Å²) in [5.41, 5.74) is 8.14. The van der Waals surface area contributed by atoms with Crippen molar-refractivity contribution in [2.24, 2.45) is 16.1 Å². The number of likely N-dealkylation sites (tertiary alicyclic amines) is 1. The van der Waals surface area contributed by atoms with Gasteiger partial charge < -0.3 is 20.3 Å². The van der Waals surface area contributed by atoms with Gasteiger partial charge in [-0.1, -0.05) is 6.08 Å². The fourth-order valence-corrected chi connectivity index (χ4v) is 5.51. The van der Waals surface area contributed by atoms with Crippen molar-refractivity contribution in [2.75, 3.05) is 57.3 Å². The molecule has 2 saturated heterocycles. The molecule has 3 heterocycles. The highest BCUT2D eigenvalue weighted by Gasteiger charge is 2.51. The second-order valence-electron chi connectivity index (χ2n) is 9.40. The zero-order valence-electron chi connectivity index (χ0n) is 20.0. The second-order valence-corrected chi connectivity index (χ2v) is 9.40. The van der Waals surface area contributed by atoms with E-state index >= 15 is 0 Å². The Labute approximate surface area is 201 Å². The predicted molar refractivity (Wildman–Crippen MR) is 132 cm³/mol. The summed E-state index contributed by atoms with van der Waals surface area (Å²) in [6.07, 6.45) is 9.29. The lowest BCUT2D eigenvalue weighted by atomic mass is 9.78. The highest BCUT2D eigenvalue weighted by molar-refractivity contribution is 6.10. The zero-order chi connectivity index (χ0) is 24.1. The fraction of sp³-hybridized carbons (Fsp3) is 0.560. The van der Waals surface area contributed by atoms with Gasteiger partial charge in [0.1, 0.15) is 5.82 Å². The molecular formula is C25H35FN6O2. The Bertz CT molecular complexity index is 951. The molecule has 1 saturated carbocycles. The van der Waals surface area contributed by atoms with Crippen LogP contribution in [0.25, 0.3) is 5.57 Å². The number of aromatic nitrogens is 1. The molecule has 184 valence electrons. The summed E-state index contributed by atoms with van der Waals surface area (Å²) in [5.74, 6) is -0.366. The highest BCUT2D eigenvalue weighted by atomic mass is 19.1. The van der Waals surface area contributed by atoms with Crippen molar-refractivity contribution in [3.8, 4) is 0 Å². The minimum absolute atomic E-state index is 0.190. The Kier molecular flexibility index (Phi) is 7.50. The van der Waals surface area contributed by atoms with Crippen molar-refractivity contribution >= 4 is 23.6 Å². The molecular weight excluding hydrogens is 435 g/mol. The van der Waals surface area contributed by atoms with Crippen LogP contribution in [0.1, 0.15) is 31.9 Å². The summed E-state index contributed by atoms with van der Waals surface area (Å²) in [7, 11) is 0. The number of nitrogens with two attached hydrogens (primary N) is 1. The monoisotopic (exact) mass is 470 g/mol. The fourth-order valence-electron chi connectivity index (χ4n) is 5.51. The van der Waals surface area contributed by atoms with Crippen LogP contribution in [0, 0.1) is 11.2 Å². The molecule has 1 atom stereocenters. The van der Waals surface area contributed by atoms with E-state index in [2.05, 4.69) is 26.4 Å². The average molecular weight is 471 g/mol. The van der Waals surface area contributed by atoms with Gasteiger partial charge >= 0.3 is 6.09 Å². The standard InChI is InChI=1S/C25H35FN6O2/c1-3-7-28-15-19(14-27)23-22(12-20(26)16-29-23)31-10-8-30(9-11-31)21-5-6-25(13-21)17-32(18-25)24(33)34-4-2/h3,12,14-16,21H,1,4-11,13,17-18,27H2,2H3/b19-14+,28-15?. The van der Waals surface area contributed by atoms with Crippen molar-refractivity contribution in [1.82, 2.24) is 14.8 Å². The predicted octanol–water partition coefficient (Wildman–Crippen LogP) is 2.91. The van der Waals surface area contributed by atoms with Crippen molar-refractivity contribution < 1.29 is 13.9 Å². The molecule has 1 aromatic rings. The van der Waals surface area contributed by atoms with Gasteiger partial charge in [-0.3, -0.25) is 14.9 Å². The van der Waals surface area contributed by atoms with Crippen LogP contribution >= 0.6 is 0 Å². The van der Waals surface area contributed by atoms with Gasteiger partial charge in [0.2, 0.25) is 0 Å². The van der Waals surface area contributed by atoms with Crippen molar-refractivity contribution in [3.63, 3.8) is 0 Å². The highest BCUT2D eigenvalue weighted by Crippen LogP contribution is 2.47. The van der Waals surface area contributed by atoms with E-state index in [-0.39, 0.29) is 17.3 Å². The molecule has 9 heteroatoms. The average Bonchev–Trinajstić information content (AvgIpc) is 3.28. The number of carbonyl (C=O) groups is 1. The van der Waals surface area contributed by atoms with E-state index < -0.39 is 0 Å². The van der Waals surface area contributed by atoms with E-state index in [1.807, 2.05) is 11.8 Å². The van der Waals surface area contributed by atoms with Crippen molar-refractivity contribution in [2.45, 2.75) is 32.2 Å². The van der Waals surface area contributed by atoms with E-state index in [1.165, 1.54) is 18.5 Å². The largest absolute Gasteiger partial charge is 0.450 e. The molecule has 0 bridgehead atoms. The topological polar surface area (TPSA) is 87.3 Å². The van der Waals surface area contributed by atoms with Gasteiger partial charge in [-0.2, -0.15) is 0 Å². The molecule has 2 aliphatic heterocycles. The van der Waals surface area contributed by atoms with Gasteiger partial charge in [0.05, 0.1) is 30.7 Å². The van der Waals surface area contributed by atoms with Gasteiger partial charge in [-0.05, 0) is 26.2 Å². The lowest BCUT2D eigenvalue weighted by Gasteiger charge is -2.48. The smallest absolute Gasteiger partial charge is 0.409 e. The van der Waals surface area contributed by atoms with Crippen LogP contribution in [0.5, 0.6) is 0 Å². The normalized spacial score (nSPS) is 22.9. The Morgan fingerprint density at radius 3 is 2.82 bits per heavy atom. The molecule has 34 heavy (non-hydrogen) atoms. The number of hydrogen-bond donors (Lipinski definition) is 1. The minimum Gasteiger partial charge on any atom is -0.450 e. The summed E-state index contributed by atoms with van der Waals surface area (Å²) in [4.78, 5) is 27.1. The van der Waals surface area contributed by atoms with E-state index in [4.69, 9.17) is 10.5 Å². The Morgan fingerprint density at radius 2 is 2.15 bits per heavy atom. The first-order valence-electron chi connectivity index (χ1n) is 12.1. The Hall–Kier alpha value is -2.94. The molecule has 2 N–H and O–H groups in total. The third kappa shape index (κ3) is 5.09. The first kappa shape index (κ1) is 24.2. The van der Waals surface area contributed by atoms with Crippen LogP contribution in [0.4, 0.5) is 14.9 Å². The molecule has 0 radical (unpaired) electrons. The Morgan fingerprint density at radius 1 is 1.38 bits per heavy atom. The maximum Gasteiger partial charge on any atom is 0.409 e. The number of nitrogens with zero attached hydrogens (tertiary/aromatic N) is 5. The summed E-state index contributed by atoms with van der Waals surface area (Å²) < 4.78 is 19.3. The maximum atomic E-state index is 14.1. The number of pyridine rings is 1. The first-order valence-corrected chi connectivity index (χ1v) is 12.1. The van der Waals surface area contributed by atoms with Gasteiger partial charge in [0.15, 0.2) is 0 Å². The van der Waals surface area contributed by atoms with Gasteiger partial charge in [-0.25, -0.2) is 9.18 Å². The number of rotatable bonds is 7. The van der Waals surface area contributed by atoms with Gasteiger partial charge in [0, 0.05) is 74.8 Å². The number of aliphatic imine (C=N–C) groups is 1. The van der Waals surface area contributed by atoms with Crippen LogP contribution in [0.3, 0.4) is 0 Å². The number of hydrogen-bond acceptors (Lipinski definition) is 7. The van der Waals surface area contributed by atoms with Crippen LogP contribution in [-0.4, -0.2) is 85.6 Å². The summed E-state index contributed by atoms with van der Waals surface area (Å²) >= 11 is 0. The SMILES string of the molecule is C=CCN=C/C(=C\N)c1ncc(F)cc1N1CCN(C2CCC3(C2)CN(C(=O)OCC)C3)CC1. The number of amides is 1. The quantitative estimate of drug-likeness (QED) is 0.487. The van der Waals surface area contributed by atoms with Crippen LogP contribution in [0.15, 0.2) is 36.1 Å². The number of carbonyl (C=O) groups excluding carboxylic acids is 1. The van der Waals surface area contributed by atoms with E-state index in [0.717, 1.165) is 64.2 Å². The molecule has 4 rings (SSSR count). The maximum absolute atomic E-state index is 14.1. The zero-order valence-corrected chi connectivity index (χ0v) is 20.0. The molecule has 1 aromatic heterocycles. The third-order valence-electron chi connectivity index (χ3n) is 7.18. The molecule has 1 amide bonds. The summed E-state index contributed by atoms with van der Waals surface area (Å²) in [5, 5.41) is 0. The molecule has 1 spiro atoms. The van der Waals surface area contributed by atoms with Crippen LogP contribution in [-0.2, 0) is 4.74 Å². The number of halogens is 1. The van der Waals surface area contributed by atoms with Crippen LogP contribution < -0.4 is 10.6 Å². The van der Waals surface area contributed by atoms with Crippen molar-refractivity contribution in [1.29, 1.82) is 0 Å². The molecule has 1 unspecified atom stereocenters. The minimum atomic E-state index is -0.366. The summed E-state index contributed by atoms with van der Waals surface area (Å²) in [6, 6.07) is 2.06. The van der Waals surface area contributed by atoms with E-state index in [0.29, 0.717) is 30.5 Å². The van der Waals surface area contributed by atoms with Gasteiger partial charge in [-0.15, -0.1) is 6.58 Å². The second kappa shape index (κ2) is 10.5. The Balaban J connectivity index is 1.36. The van der Waals surface area contributed by atoms with Gasteiger partial charge in [0.25, 0.3) is 0 Å². The molecule has 8 nitrogen and oxygen atoms in total. The van der Waals surface area contributed by atoms with E-state index in [1.54, 1.807) is 12.3 Å².